The molecule has 0 spiro atoms. The van der Waals surface area contributed by atoms with E-state index in [9.17, 15) is 5.11 Å². The van der Waals surface area contributed by atoms with Gasteiger partial charge in [-0.25, -0.2) is 4.98 Å². The Labute approximate surface area is 153 Å². The van der Waals surface area contributed by atoms with Crippen LogP contribution in [-0.4, -0.2) is 31.9 Å². The molecule has 6 nitrogen and oxygen atoms in total. The van der Waals surface area contributed by atoms with E-state index in [1.165, 1.54) is 0 Å². The van der Waals surface area contributed by atoms with E-state index >= 15 is 0 Å². The Kier molecular flexibility index (Phi) is 3.85. The monoisotopic (exact) mass is 401 g/mol. The first-order chi connectivity index (χ1) is 11.9. The highest BCUT2D eigenvalue weighted by Gasteiger charge is 2.36. The third kappa shape index (κ3) is 3.05. The molecule has 0 saturated carbocycles. The first-order valence-corrected chi connectivity index (χ1v) is 8.68. The van der Waals surface area contributed by atoms with Gasteiger partial charge in [-0.1, -0.05) is 21.1 Å². The normalized spacial score (nSPS) is 18.5. The van der Waals surface area contributed by atoms with E-state index in [1.54, 1.807) is 6.20 Å². The van der Waals surface area contributed by atoms with Crippen molar-refractivity contribution in [2.24, 2.45) is 0 Å². The van der Waals surface area contributed by atoms with Gasteiger partial charge in [-0.15, -0.1) is 0 Å². The first-order valence-electron chi connectivity index (χ1n) is 7.88. The fraction of sp³-hybridized carbons (Fsp3) is 0.278. The van der Waals surface area contributed by atoms with Crippen LogP contribution in [-0.2, 0) is 6.42 Å². The Morgan fingerprint density at radius 1 is 1.20 bits per heavy atom. The second-order valence-electron chi connectivity index (χ2n) is 6.54. The Bertz CT molecular complexity index is 922. The number of fused-ring (bicyclic) bond motifs is 1. The van der Waals surface area contributed by atoms with Crippen molar-refractivity contribution in [1.82, 2.24) is 15.1 Å². The van der Waals surface area contributed by atoms with Gasteiger partial charge in [0, 0.05) is 28.2 Å². The van der Waals surface area contributed by atoms with Crippen LogP contribution >= 0.6 is 15.9 Å². The van der Waals surface area contributed by atoms with Gasteiger partial charge in [0.05, 0.1) is 11.7 Å². The number of ether oxygens (including phenoxy) is 1. The summed E-state index contributed by atoms with van der Waals surface area (Å²) in [6.45, 7) is 3.69. The van der Waals surface area contributed by atoms with Gasteiger partial charge in [-0.05, 0) is 44.2 Å². The minimum atomic E-state index is -0.652. The van der Waals surface area contributed by atoms with Crippen molar-refractivity contribution in [3.63, 3.8) is 0 Å². The predicted octanol–water partition coefficient (Wildman–Crippen LogP) is 3.64. The van der Waals surface area contributed by atoms with Crippen molar-refractivity contribution in [3.8, 4) is 28.7 Å². The second kappa shape index (κ2) is 5.93. The molecule has 0 amide bonds. The van der Waals surface area contributed by atoms with Crippen LogP contribution in [0.4, 0.5) is 0 Å². The van der Waals surface area contributed by atoms with Crippen LogP contribution in [0.15, 0.2) is 45.5 Å². The van der Waals surface area contributed by atoms with Gasteiger partial charge in [-0.2, -0.15) is 4.98 Å². The molecule has 1 aliphatic rings. The maximum atomic E-state index is 10.2. The highest BCUT2D eigenvalue weighted by Crippen LogP contribution is 2.34. The standard InChI is InChI=1S/C18H16BrN3O3/c1-18(2)14(23)8-11-7-12(9-20-16(11)24-18)17-21-15(22-25-17)10-3-5-13(19)6-4-10/h3-7,9,14,23H,8H2,1-2H3/t14-/m0/s1. The van der Waals surface area contributed by atoms with Crippen molar-refractivity contribution in [3.05, 3.63) is 46.6 Å². The Morgan fingerprint density at radius 3 is 2.72 bits per heavy atom. The summed E-state index contributed by atoms with van der Waals surface area (Å²) < 4.78 is 12.1. The molecule has 1 aliphatic heterocycles. The summed E-state index contributed by atoms with van der Waals surface area (Å²) in [5.74, 6) is 1.43. The van der Waals surface area contributed by atoms with Crippen LogP contribution < -0.4 is 4.74 Å². The maximum absolute atomic E-state index is 10.2. The number of aromatic nitrogens is 3. The molecule has 2 aromatic heterocycles. The van der Waals surface area contributed by atoms with E-state index in [0.29, 0.717) is 29.6 Å². The first kappa shape index (κ1) is 16.2. The third-order valence-corrected chi connectivity index (χ3v) is 4.80. The molecular weight excluding hydrogens is 386 g/mol. The fourth-order valence-electron chi connectivity index (χ4n) is 2.68. The molecule has 0 fully saturated rings. The van der Waals surface area contributed by atoms with E-state index in [0.717, 1.165) is 15.6 Å². The molecule has 3 heterocycles. The molecular formula is C18H16BrN3O3. The summed E-state index contributed by atoms with van der Waals surface area (Å²) >= 11 is 3.40. The smallest absolute Gasteiger partial charge is 0.259 e. The van der Waals surface area contributed by atoms with E-state index in [1.807, 2.05) is 44.2 Å². The van der Waals surface area contributed by atoms with Crippen molar-refractivity contribution in [2.75, 3.05) is 0 Å². The summed E-state index contributed by atoms with van der Waals surface area (Å²) in [5, 5.41) is 14.2. The minimum Gasteiger partial charge on any atom is -0.469 e. The fourth-order valence-corrected chi connectivity index (χ4v) is 2.95. The zero-order valence-electron chi connectivity index (χ0n) is 13.7. The van der Waals surface area contributed by atoms with Gasteiger partial charge in [-0.3, -0.25) is 0 Å². The molecule has 4 rings (SSSR count). The topological polar surface area (TPSA) is 81.3 Å². The molecule has 0 bridgehead atoms. The highest BCUT2D eigenvalue weighted by atomic mass is 79.9. The van der Waals surface area contributed by atoms with Gasteiger partial charge in [0.15, 0.2) is 0 Å². The molecule has 0 radical (unpaired) electrons. The number of rotatable bonds is 2. The second-order valence-corrected chi connectivity index (χ2v) is 7.46. The number of benzene rings is 1. The highest BCUT2D eigenvalue weighted by molar-refractivity contribution is 9.10. The van der Waals surface area contributed by atoms with Gasteiger partial charge in [0.25, 0.3) is 5.89 Å². The Hall–Kier alpha value is -2.25. The zero-order valence-corrected chi connectivity index (χ0v) is 15.3. The molecule has 0 unspecified atom stereocenters. The number of halogens is 1. The lowest BCUT2D eigenvalue weighted by molar-refractivity contribution is -0.0442. The van der Waals surface area contributed by atoms with Crippen molar-refractivity contribution < 1.29 is 14.4 Å². The van der Waals surface area contributed by atoms with Crippen LogP contribution in [0.1, 0.15) is 19.4 Å². The SMILES string of the molecule is CC1(C)Oc2ncc(-c3nc(-c4ccc(Br)cc4)no3)cc2C[C@@H]1O. The van der Waals surface area contributed by atoms with Gasteiger partial charge in [0.1, 0.15) is 5.60 Å². The van der Waals surface area contributed by atoms with E-state index < -0.39 is 11.7 Å². The molecule has 25 heavy (non-hydrogen) atoms. The number of hydrogen-bond donors (Lipinski definition) is 1. The van der Waals surface area contributed by atoms with Crippen LogP contribution in [0.2, 0.25) is 0 Å². The lowest BCUT2D eigenvalue weighted by Gasteiger charge is -2.36. The maximum Gasteiger partial charge on any atom is 0.259 e. The summed E-state index contributed by atoms with van der Waals surface area (Å²) in [4.78, 5) is 8.79. The van der Waals surface area contributed by atoms with E-state index in [-0.39, 0.29) is 0 Å². The largest absolute Gasteiger partial charge is 0.469 e. The lowest BCUT2D eigenvalue weighted by Crippen LogP contribution is -2.46. The quantitative estimate of drug-likeness (QED) is 0.705. The number of nitrogens with zero attached hydrogens (tertiary/aromatic N) is 3. The average Bonchev–Trinajstić information content (AvgIpc) is 3.06. The van der Waals surface area contributed by atoms with Crippen molar-refractivity contribution in [1.29, 1.82) is 0 Å². The van der Waals surface area contributed by atoms with Gasteiger partial charge < -0.3 is 14.4 Å². The van der Waals surface area contributed by atoms with Gasteiger partial charge >= 0.3 is 0 Å². The predicted molar refractivity (Wildman–Crippen MR) is 95.1 cm³/mol. The van der Waals surface area contributed by atoms with E-state index in [4.69, 9.17) is 9.26 Å². The zero-order chi connectivity index (χ0) is 17.6. The minimum absolute atomic E-state index is 0.382. The molecule has 128 valence electrons. The molecule has 0 aliphatic carbocycles. The summed E-state index contributed by atoms with van der Waals surface area (Å²) in [6.07, 6.45) is 1.51. The van der Waals surface area contributed by atoms with Gasteiger partial charge in [0.2, 0.25) is 11.7 Å². The van der Waals surface area contributed by atoms with Crippen molar-refractivity contribution in [2.45, 2.75) is 32.0 Å². The Balaban J connectivity index is 1.65. The average molecular weight is 402 g/mol. The number of aliphatic hydroxyl groups excluding tert-OH is 1. The number of aliphatic hydroxyl groups is 1. The molecule has 3 aromatic rings. The number of hydrogen-bond acceptors (Lipinski definition) is 6. The Morgan fingerprint density at radius 2 is 1.96 bits per heavy atom. The van der Waals surface area contributed by atoms with Crippen LogP contribution in [0.25, 0.3) is 22.8 Å². The summed E-state index contributed by atoms with van der Waals surface area (Å²) in [6, 6.07) is 9.55. The summed E-state index contributed by atoms with van der Waals surface area (Å²) in [5.41, 5.74) is 1.74. The lowest BCUT2D eigenvalue weighted by atomic mass is 9.92. The molecule has 7 heteroatoms. The van der Waals surface area contributed by atoms with Crippen LogP contribution in [0.5, 0.6) is 5.88 Å². The van der Waals surface area contributed by atoms with Crippen LogP contribution in [0.3, 0.4) is 0 Å². The summed E-state index contributed by atoms with van der Waals surface area (Å²) in [7, 11) is 0. The molecule has 1 N–H and O–H groups in total. The molecule has 0 saturated heterocycles. The molecule has 1 aromatic carbocycles. The third-order valence-electron chi connectivity index (χ3n) is 4.28. The molecule has 1 atom stereocenters. The van der Waals surface area contributed by atoms with E-state index in [2.05, 4.69) is 31.1 Å². The van der Waals surface area contributed by atoms with Crippen LogP contribution in [0, 0.1) is 0 Å². The van der Waals surface area contributed by atoms with Crippen molar-refractivity contribution >= 4 is 15.9 Å². The number of pyridine rings is 1.